The summed E-state index contributed by atoms with van der Waals surface area (Å²) in [6.45, 7) is 1.83. The zero-order chi connectivity index (χ0) is 22.1. The molecule has 1 aromatic heterocycles. The highest BCUT2D eigenvalue weighted by Crippen LogP contribution is 2.43. The molecule has 1 aliphatic rings. The molecule has 7 heteroatoms. The molecular formula is C24H21ClFN3O2. The van der Waals surface area contributed by atoms with Gasteiger partial charge in [-0.1, -0.05) is 35.9 Å². The van der Waals surface area contributed by atoms with E-state index in [1.807, 2.05) is 19.1 Å². The van der Waals surface area contributed by atoms with Crippen LogP contribution < -0.4 is 5.73 Å². The number of amides is 2. The number of aryl methyl sites for hydroxylation is 1. The molecule has 0 saturated heterocycles. The first-order valence-corrected chi connectivity index (χ1v) is 10.3. The Balaban J connectivity index is 1.90. The molecule has 1 unspecified atom stereocenters. The third kappa shape index (κ3) is 3.91. The highest BCUT2D eigenvalue weighted by molar-refractivity contribution is 6.30. The molecule has 2 amide bonds. The number of nitrogens with two attached hydrogens (primary N) is 1. The van der Waals surface area contributed by atoms with Crippen LogP contribution in [0.3, 0.4) is 0 Å². The quantitative estimate of drug-likeness (QED) is 0.636. The summed E-state index contributed by atoms with van der Waals surface area (Å²) in [5, 5.41) is 0.239. The average Bonchev–Trinajstić information content (AvgIpc) is 3.16. The Morgan fingerprint density at radius 3 is 2.68 bits per heavy atom. The van der Waals surface area contributed by atoms with Gasteiger partial charge in [0.15, 0.2) is 0 Å². The van der Waals surface area contributed by atoms with Crippen molar-refractivity contribution in [1.29, 1.82) is 0 Å². The fraction of sp³-hybridized carbons (Fsp3) is 0.208. The Morgan fingerprint density at radius 1 is 1.23 bits per heavy atom. The monoisotopic (exact) mass is 437 g/mol. The van der Waals surface area contributed by atoms with E-state index in [1.54, 1.807) is 36.5 Å². The molecule has 31 heavy (non-hydrogen) atoms. The predicted molar refractivity (Wildman–Crippen MR) is 116 cm³/mol. The maximum Gasteiger partial charge on any atom is 0.255 e. The summed E-state index contributed by atoms with van der Waals surface area (Å²) in [6.07, 6.45) is 3.98. The molecular weight excluding hydrogens is 417 g/mol. The second kappa shape index (κ2) is 8.47. The van der Waals surface area contributed by atoms with Crippen molar-refractivity contribution in [3.05, 3.63) is 99.6 Å². The van der Waals surface area contributed by atoms with Crippen molar-refractivity contribution in [2.45, 2.75) is 31.8 Å². The fourth-order valence-corrected chi connectivity index (χ4v) is 4.51. The topological polar surface area (TPSA) is 76.3 Å². The minimum Gasteiger partial charge on any atom is -0.368 e. The van der Waals surface area contributed by atoms with Gasteiger partial charge in [-0.05, 0) is 60.7 Å². The lowest BCUT2D eigenvalue weighted by Gasteiger charge is -2.36. The summed E-state index contributed by atoms with van der Waals surface area (Å²) in [4.78, 5) is 32.0. The van der Waals surface area contributed by atoms with Gasteiger partial charge in [-0.15, -0.1) is 0 Å². The van der Waals surface area contributed by atoms with Crippen LogP contribution in [-0.2, 0) is 11.2 Å². The lowest BCUT2D eigenvalue weighted by Crippen LogP contribution is -2.43. The zero-order valence-corrected chi connectivity index (χ0v) is 17.6. The summed E-state index contributed by atoms with van der Waals surface area (Å²) in [5.41, 5.74) is 8.63. The number of nitrogens with zero attached hydrogens (tertiary/aromatic N) is 2. The summed E-state index contributed by atoms with van der Waals surface area (Å²) in [5.74, 6) is -1.46. The van der Waals surface area contributed by atoms with Crippen LogP contribution in [-0.4, -0.2) is 21.7 Å². The molecule has 158 valence electrons. The van der Waals surface area contributed by atoms with E-state index in [2.05, 4.69) is 4.98 Å². The zero-order valence-electron chi connectivity index (χ0n) is 16.9. The lowest BCUT2D eigenvalue weighted by molar-refractivity contribution is -0.123. The van der Waals surface area contributed by atoms with Gasteiger partial charge < -0.3 is 10.6 Å². The Bertz CT molecular complexity index is 1150. The molecule has 1 aliphatic carbocycles. The second-order valence-electron chi connectivity index (χ2n) is 7.63. The van der Waals surface area contributed by atoms with E-state index in [-0.39, 0.29) is 10.9 Å². The molecule has 0 fully saturated rings. The van der Waals surface area contributed by atoms with E-state index < -0.39 is 23.8 Å². The molecule has 1 heterocycles. The van der Waals surface area contributed by atoms with E-state index in [9.17, 15) is 14.0 Å². The highest BCUT2D eigenvalue weighted by Gasteiger charge is 2.40. The van der Waals surface area contributed by atoms with Crippen molar-refractivity contribution in [3.8, 4) is 0 Å². The molecule has 0 bridgehead atoms. The van der Waals surface area contributed by atoms with Crippen molar-refractivity contribution in [2.75, 3.05) is 0 Å². The number of aromatic nitrogens is 1. The number of hydrogen-bond acceptors (Lipinski definition) is 3. The molecule has 4 rings (SSSR count). The smallest absolute Gasteiger partial charge is 0.255 e. The maximum atomic E-state index is 14.6. The van der Waals surface area contributed by atoms with Crippen molar-refractivity contribution in [2.24, 2.45) is 5.73 Å². The van der Waals surface area contributed by atoms with E-state index in [4.69, 9.17) is 17.3 Å². The Morgan fingerprint density at radius 2 is 2.00 bits per heavy atom. The lowest BCUT2D eigenvalue weighted by atomic mass is 9.97. The van der Waals surface area contributed by atoms with Gasteiger partial charge in [-0.3, -0.25) is 14.6 Å². The molecule has 0 aliphatic heterocycles. The van der Waals surface area contributed by atoms with Gasteiger partial charge in [0.2, 0.25) is 5.91 Å². The number of carbonyl (C=O) groups is 2. The van der Waals surface area contributed by atoms with Crippen LogP contribution in [0.5, 0.6) is 0 Å². The van der Waals surface area contributed by atoms with Gasteiger partial charge in [0.05, 0.1) is 6.04 Å². The first-order chi connectivity index (χ1) is 14.9. The van der Waals surface area contributed by atoms with Crippen LogP contribution in [0.15, 0.2) is 60.9 Å². The highest BCUT2D eigenvalue weighted by atomic mass is 35.5. The van der Waals surface area contributed by atoms with Crippen LogP contribution in [0.2, 0.25) is 5.02 Å². The number of rotatable bonds is 5. The third-order valence-corrected chi connectivity index (χ3v) is 5.93. The van der Waals surface area contributed by atoms with Crippen molar-refractivity contribution in [1.82, 2.24) is 9.88 Å². The maximum absolute atomic E-state index is 14.6. The molecule has 2 aromatic carbocycles. The first-order valence-electron chi connectivity index (χ1n) is 9.94. The Kier molecular flexibility index (Phi) is 5.74. The van der Waals surface area contributed by atoms with Gasteiger partial charge in [-0.2, -0.15) is 0 Å². The minimum absolute atomic E-state index is 0.239. The van der Waals surface area contributed by atoms with Crippen LogP contribution in [0.4, 0.5) is 4.39 Å². The van der Waals surface area contributed by atoms with Gasteiger partial charge in [0, 0.05) is 28.5 Å². The summed E-state index contributed by atoms with van der Waals surface area (Å²) < 4.78 is 14.6. The number of halogens is 2. The summed E-state index contributed by atoms with van der Waals surface area (Å²) >= 11 is 6.13. The molecule has 0 spiro atoms. The largest absolute Gasteiger partial charge is 0.368 e. The Labute approximate surface area is 184 Å². The first kappa shape index (κ1) is 21.0. The number of benzene rings is 2. The number of pyridine rings is 1. The van der Waals surface area contributed by atoms with Gasteiger partial charge in [-0.25, -0.2) is 4.39 Å². The summed E-state index contributed by atoms with van der Waals surface area (Å²) in [7, 11) is 0. The normalized spacial score (nSPS) is 15.9. The molecule has 3 aromatic rings. The van der Waals surface area contributed by atoms with Crippen molar-refractivity contribution in [3.63, 3.8) is 0 Å². The van der Waals surface area contributed by atoms with Crippen LogP contribution in [0.1, 0.15) is 51.1 Å². The van der Waals surface area contributed by atoms with Crippen molar-refractivity contribution >= 4 is 23.4 Å². The molecule has 5 nitrogen and oxygen atoms in total. The van der Waals surface area contributed by atoms with Crippen LogP contribution in [0, 0.1) is 12.7 Å². The van der Waals surface area contributed by atoms with E-state index in [1.165, 1.54) is 17.2 Å². The average molecular weight is 438 g/mol. The molecule has 0 saturated carbocycles. The second-order valence-corrected chi connectivity index (χ2v) is 8.06. The van der Waals surface area contributed by atoms with E-state index in [0.717, 1.165) is 5.56 Å². The number of fused-ring (bicyclic) bond motifs is 1. The van der Waals surface area contributed by atoms with Crippen molar-refractivity contribution < 1.29 is 14.0 Å². The van der Waals surface area contributed by atoms with Gasteiger partial charge in [0.1, 0.15) is 11.9 Å². The predicted octanol–water partition coefficient (Wildman–Crippen LogP) is 4.54. The SMILES string of the molecule is Cc1ccccc1C(=O)N(C(C(N)=O)c1cccnc1)[C@@H]1CCc2c(F)cc(Cl)cc21. The fourth-order valence-electron chi connectivity index (χ4n) is 4.30. The van der Waals surface area contributed by atoms with Gasteiger partial charge >= 0.3 is 0 Å². The number of carbonyl (C=O) groups excluding carboxylic acids is 2. The van der Waals surface area contributed by atoms with Crippen LogP contribution in [0.25, 0.3) is 0 Å². The molecule has 2 atom stereocenters. The van der Waals surface area contributed by atoms with E-state index >= 15 is 0 Å². The minimum atomic E-state index is -1.07. The third-order valence-electron chi connectivity index (χ3n) is 5.72. The number of primary amides is 1. The summed E-state index contributed by atoms with van der Waals surface area (Å²) in [6, 6.07) is 11.8. The molecule has 0 radical (unpaired) electrons. The Hall–Kier alpha value is -3.25. The molecule has 2 N–H and O–H groups in total. The van der Waals surface area contributed by atoms with Gasteiger partial charge in [0.25, 0.3) is 5.91 Å². The van der Waals surface area contributed by atoms with Crippen LogP contribution >= 0.6 is 11.6 Å². The van der Waals surface area contributed by atoms with E-state index in [0.29, 0.717) is 35.1 Å². The standard InChI is InChI=1S/C24H21ClFN3O2/c1-14-5-2-3-7-17(14)24(31)29(22(23(27)30)15-6-4-10-28-13-15)21-9-8-18-19(21)11-16(25)12-20(18)26/h2-7,10-13,21-22H,8-9H2,1H3,(H2,27,30)/t21-,22?/m1/s1. The number of hydrogen-bond donors (Lipinski definition) is 1.